The van der Waals surface area contributed by atoms with Gasteiger partial charge >= 0.3 is 5.97 Å². The van der Waals surface area contributed by atoms with Crippen molar-refractivity contribution in [2.45, 2.75) is 18.3 Å². The van der Waals surface area contributed by atoms with Crippen molar-refractivity contribution in [3.05, 3.63) is 78.9 Å². The van der Waals surface area contributed by atoms with Crippen LogP contribution in [0.25, 0.3) is 0 Å². The molecule has 1 aromatic carbocycles. The molecule has 25 heavy (non-hydrogen) atoms. The van der Waals surface area contributed by atoms with E-state index in [4.69, 9.17) is 9.47 Å². The molecule has 0 aliphatic carbocycles. The Labute approximate surface area is 148 Å². The van der Waals surface area contributed by atoms with Crippen molar-refractivity contribution in [2.75, 3.05) is 14.2 Å². The highest BCUT2D eigenvalue weighted by Crippen LogP contribution is 2.39. The number of ether oxygens (including phenoxy) is 2. The maximum Gasteiger partial charge on any atom is 0.341 e. The Morgan fingerprint density at radius 1 is 1.16 bits per heavy atom. The van der Waals surface area contributed by atoms with Crippen LogP contribution >= 0.6 is 0 Å². The minimum absolute atomic E-state index is 0.308. The quantitative estimate of drug-likeness (QED) is 0.542. The molecular weight excluding hydrogens is 316 g/mol. The molecule has 0 saturated heterocycles. The molecule has 1 aromatic heterocycles. The van der Waals surface area contributed by atoms with Crippen LogP contribution in [0.2, 0.25) is 0 Å². The number of allylic oxidation sites excluding steroid dienone is 2. The summed E-state index contributed by atoms with van der Waals surface area (Å²) in [7, 11) is 2.95. The van der Waals surface area contributed by atoms with E-state index in [0.29, 0.717) is 24.2 Å². The Bertz CT molecular complexity index is 744. The van der Waals surface area contributed by atoms with Crippen molar-refractivity contribution in [3.8, 4) is 5.75 Å². The lowest BCUT2D eigenvalue weighted by molar-refractivity contribution is 0.0599. The average molecular weight is 338 g/mol. The van der Waals surface area contributed by atoms with Crippen LogP contribution in [0.15, 0.2) is 62.0 Å². The molecule has 2 rings (SSSR count). The third-order valence-electron chi connectivity index (χ3n) is 4.11. The van der Waals surface area contributed by atoms with Crippen molar-refractivity contribution >= 4 is 5.97 Å². The van der Waals surface area contributed by atoms with Crippen LogP contribution in [0.5, 0.6) is 5.75 Å². The Balaban J connectivity index is 2.59. The second-order valence-corrected chi connectivity index (χ2v) is 5.59. The number of benzene rings is 1. The van der Waals surface area contributed by atoms with Crippen molar-refractivity contribution in [1.82, 2.24) is 9.97 Å². The minimum Gasteiger partial charge on any atom is -0.497 e. The molecule has 0 radical (unpaired) electrons. The highest BCUT2D eigenvalue weighted by Gasteiger charge is 2.35. The van der Waals surface area contributed by atoms with Gasteiger partial charge in [-0.1, -0.05) is 24.3 Å². The Morgan fingerprint density at radius 2 is 1.80 bits per heavy atom. The summed E-state index contributed by atoms with van der Waals surface area (Å²) >= 11 is 0. The van der Waals surface area contributed by atoms with Crippen molar-refractivity contribution in [2.24, 2.45) is 0 Å². The third kappa shape index (κ3) is 3.76. The van der Waals surface area contributed by atoms with Crippen LogP contribution in [0.3, 0.4) is 0 Å². The molecule has 0 fully saturated rings. The molecule has 0 N–H and O–H groups in total. The first-order chi connectivity index (χ1) is 12.1. The predicted octanol–water partition coefficient (Wildman–Crippen LogP) is 3.71. The molecule has 1 heterocycles. The second-order valence-electron chi connectivity index (χ2n) is 5.59. The first-order valence-electron chi connectivity index (χ1n) is 7.88. The van der Waals surface area contributed by atoms with E-state index in [0.717, 1.165) is 11.3 Å². The summed E-state index contributed by atoms with van der Waals surface area (Å²) in [5, 5.41) is 0. The first kappa shape index (κ1) is 18.4. The van der Waals surface area contributed by atoms with Crippen LogP contribution in [-0.4, -0.2) is 30.2 Å². The van der Waals surface area contributed by atoms with Gasteiger partial charge in [-0.15, -0.1) is 13.2 Å². The van der Waals surface area contributed by atoms with E-state index in [1.54, 1.807) is 7.11 Å². The maximum absolute atomic E-state index is 11.6. The molecule has 5 heteroatoms. The number of esters is 1. The van der Waals surface area contributed by atoms with Crippen LogP contribution < -0.4 is 4.74 Å². The topological polar surface area (TPSA) is 61.3 Å². The summed E-state index contributed by atoms with van der Waals surface area (Å²) in [5.41, 5.74) is 0.771. The minimum atomic E-state index is -0.535. The highest BCUT2D eigenvalue weighted by atomic mass is 16.5. The van der Waals surface area contributed by atoms with Gasteiger partial charge in [0.05, 0.1) is 25.2 Å². The molecular formula is C20H22N2O3. The largest absolute Gasteiger partial charge is 0.497 e. The van der Waals surface area contributed by atoms with Crippen LogP contribution in [-0.2, 0) is 10.2 Å². The number of nitrogens with zero attached hydrogens (tertiary/aromatic N) is 2. The van der Waals surface area contributed by atoms with Gasteiger partial charge in [0.1, 0.15) is 11.6 Å². The number of carbonyl (C=O) groups is 1. The van der Waals surface area contributed by atoms with E-state index >= 15 is 0 Å². The van der Waals surface area contributed by atoms with Gasteiger partial charge < -0.3 is 9.47 Å². The summed E-state index contributed by atoms with van der Waals surface area (Å²) in [6, 6.07) is 7.78. The molecule has 0 atom stereocenters. The summed E-state index contributed by atoms with van der Waals surface area (Å²) < 4.78 is 10.1. The van der Waals surface area contributed by atoms with Crippen LogP contribution in [0, 0.1) is 0 Å². The summed E-state index contributed by atoms with van der Waals surface area (Å²) in [6.07, 6.45) is 7.86. The number of methoxy groups -OCH3 is 2. The van der Waals surface area contributed by atoms with Crippen molar-refractivity contribution in [3.63, 3.8) is 0 Å². The number of aromatic nitrogens is 2. The normalized spacial score (nSPS) is 10.8. The van der Waals surface area contributed by atoms with E-state index in [1.165, 1.54) is 19.5 Å². The van der Waals surface area contributed by atoms with E-state index in [1.807, 2.05) is 36.4 Å². The number of carbonyl (C=O) groups excluding carboxylic acids is 1. The van der Waals surface area contributed by atoms with E-state index in [9.17, 15) is 4.79 Å². The van der Waals surface area contributed by atoms with Gasteiger partial charge in [-0.2, -0.15) is 0 Å². The van der Waals surface area contributed by atoms with Gasteiger partial charge in [0.2, 0.25) is 0 Å². The maximum atomic E-state index is 11.6. The fourth-order valence-corrected chi connectivity index (χ4v) is 2.84. The lowest BCUT2D eigenvalue weighted by Gasteiger charge is -2.31. The van der Waals surface area contributed by atoms with Gasteiger partial charge in [0.25, 0.3) is 0 Å². The number of rotatable bonds is 8. The Hall–Kier alpha value is -2.95. The van der Waals surface area contributed by atoms with Crippen LogP contribution in [0.1, 0.15) is 34.6 Å². The van der Waals surface area contributed by atoms with E-state index in [2.05, 4.69) is 23.1 Å². The molecule has 0 aliphatic rings. The molecule has 0 amide bonds. The highest BCUT2D eigenvalue weighted by molar-refractivity contribution is 5.88. The SMILES string of the molecule is C=CCC(CC=C)(c1cccc(OC)c1)c1ncc(C(=O)OC)cn1. The van der Waals surface area contributed by atoms with E-state index < -0.39 is 11.4 Å². The van der Waals surface area contributed by atoms with Crippen molar-refractivity contribution in [1.29, 1.82) is 0 Å². The fourth-order valence-electron chi connectivity index (χ4n) is 2.84. The van der Waals surface area contributed by atoms with Gasteiger partial charge in [-0.25, -0.2) is 14.8 Å². The lowest BCUT2D eigenvalue weighted by Crippen LogP contribution is -2.29. The predicted molar refractivity (Wildman–Crippen MR) is 96.8 cm³/mol. The molecule has 130 valence electrons. The Kier molecular flexibility index (Phi) is 6.06. The van der Waals surface area contributed by atoms with Gasteiger partial charge in [-0.3, -0.25) is 0 Å². The zero-order valence-corrected chi connectivity index (χ0v) is 14.6. The molecule has 0 bridgehead atoms. The zero-order chi connectivity index (χ0) is 18.3. The standard InChI is InChI=1S/C20H22N2O3/c1-5-10-20(11-6-2,16-8-7-9-17(12-16)24-3)19-21-13-15(14-22-19)18(23)25-4/h5-9,12-14H,1-2,10-11H2,3-4H3. The van der Waals surface area contributed by atoms with Gasteiger partial charge in [0.15, 0.2) is 0 Å². The summed E-state index contributed by atoms with van der Waals surface area (Å²) in [6.45, 7) is 7.77. The van der Waals surface area contributed by atoms with Crippen molar-refractivity contribution < 1.29 is 14.3 Å². The molecule has 0 unspecified atom stereocenters. The molecule has 0 aliphatic heterocycles. The lowest BCUT2D eigenvalue weighted by atomic mass is 9.74. The molecule has 0 spiro atoms. The number of hydrogen-bond acceptors (Lipinski definition) is 5. The molecule has 0 saturated carbocycles. The summed E-state index contributed by atoms with van der Waals surface area (Å²) in [4.78, 5) is 20.5. The number of hydrogen-bond donors (Lipinski definition) is 0. The smallest absolute Gasteiger partial charge is 0.341 e. The van der Waals surface area contributed by atoms with E-state index in [-0.39, 0.29) is 0 Å². The average Bonchev–Trinajstić information content (AvgIpc) is 2.67. The Morgan fingerprint density at radius 3 is 2.32 bits per heavy atom. The monoisotopic (exact) mass is 338 g/mol. The summed E-state index contributed by atoms with van der Waals surface area (Å²) in [5.74, 6) is 0.875. The van der Waals surface area contributed by atoms with Gasteiger partial charge in [-0.05, 0) is 30.5 Å². The van der Waals surface area contributed by atoms with Gasteiger partial charge in [0, 0.05) is 12.4 Å². The molecule has 5 nitrogen and oxygen atoms in total. The molecule has 2 aromatic rings. The van der Waals surface area contributed by atoms with Crippen LogP contribution in [0.4, 0.5) is 0 Å². The second kappa shape index (κ2) is 8.24. The zero-order valence-electron chi connectivity index (χ0n) is 14.6. The fraction of sp³-hybridized carbons (Fsp3) is 0.250. The third-order valence-corrected chi connectivity index (χ3v) is 4.11. The first-order valence-corrected chi connectivity index (χ1v) is 7.88.